The summed E-state index contributed by atoms with van der Waals surface area (Å²) in [4.78, 5) is 0. The van der Waals surface area contributed by atoms with Crippen molar-refractivity contribution >= 4 is 23.5 Å². The van der Waals surface area contributed by atoms with Crippen LogP contribution in [-0.2, 0) is 18.9 Å². The van der Waals surface area contributed by atoms with E-state index in [1.54, 1.807) is 0 Å². The summed E-state index contributed by atoms with van der Waals surface area (Å²) in [6.07, 6.45) is -1.03. The van der Waals surface area contributed by atoms with E-state index in [1.165, 1.54) is 0 Å². The summed E-state index contributed by atoms with van der Waals surface area (Å²) in [5, 5.41) is 0. The molecule has 6 heteroatoms. The maximum absolute atomic E-state index is 5.73. The second kappa shape index (κ2) is 6.63. The Morgan fingerprint density at radius 1 is 0.941 bits per heavy atom. The van der Waals surface area contributed by atoms with Crippen LogP contribution in [0, 0.1) is 0 Å². The maximum Gasteiger partial charge on any atom is 0.413 e. The molecule has 0 aliphatic carbocycles. The van der Waals surface area contributed by atoms with E-state index in [2.05, 4.69) is 13.8 Å². The normalized spacial score (nSPS) is 37.1. The monoisotopic (exact) mass is 280 g/mol. The van der Waals surface area contributed by atoms with Gasteiger partial charge >= 0.3 is 6.16 Å². The van der Waals surface area contributed by atoms with Crippen molar-refractivity contribution < 1.29 is 18.9 Å². The number of hydrogen-bond donors (Lipinski definition) is 0. The highest BCUT2D eigenvalue weighted by molar-refractivity contribution is 7.99. The van der Waals surface area contributed by atoms with Crippen LogP contribution < -0.4 is 0 Å². The van der Waals surface area contributed by atoms with Gasteiger partial charge in [-0.05, 0) is 11.5 Å². The zero-order valence-corrected chi connectivity index (χ0v) is 12.0. The van der Waals surface area contributed by atoms with E-state index in [9.17, 15) is 0 Å². The summed E-state index contributed by atoms with van der Waals surface area (Å²) in [5.41, 5.74) is 0. The van der Waals surface area contributed by atoms with Crippen LogP contribution in [0.25, 0.3) is 0 Å². The zero-order valence-electron chi connectivity index (χ0n) is 10.3. The first-order valence-corrected chi connectivity index (χ1v) is 8.38. The van der Waals surface area contributed by atoms with Gasteiger partial charge in [-0.3, -0.25) is 9.47 Å². The Morgan fingerprint density at radius 3 is 1.82 bits per heavy atom. The molecule has 2 heterocycles. The van der Waals surface area contributed by atoms with Gasteiger partial charge in [0.15, 0.2) is 0 Å². The second-order valence-electron chi connectivity index (χ2n) is 3.92. The zero-order chi connectivity index (χ0) is 12.1. The predicted octanol–water partition coefficient (Wildman–Crippen LogP) is 1.93. The number of ether oxygens (including phenoxy) is 4. The van der Waals surface area contributed by atoms with E-state index in [0.29, 0.717) is 13.2 Å². The molecule has 0 aromatic carbocycles. The maximum atomic E-state index is 5.73. The van der Waals surface area contributed by atoms with Gasteiger partial charge in [0.05, 0.1) is 25.4 Å². The predicted molar refractivity (Wildman–Crippen MR) is 70.4 cm³/mol. The van der Waals surface area contributed by atoms with E-state index < -0.39 is 6.16 Å². The fraction of sp³-hybridized carbons (Fsp3) is 1.00. The highest BCUT2D eigenvalue weighted by Gasteiger charge is 2.51. The minimum absolute atomic E-state index is 0.0810. The van der Waals surface area contributed by atoms with Crippen molar-refractivity contribution in [3.63, 3.8) is 0 Å². The van der Waals surface area contributed by atoms with Crippen LogP contribution in [0.15, 0.2) is 0 Å². The molecule has 2 unspecified atom stereocenters. The Balaban J connectivity index is 1.75. The van der Waals surface area contributed by atoms with E-state index in [1.807, 2.05) is 23.5 Å². The SMILES string of the molecule is CCSCC1COC2(OCC(CSCC)O2)O1. The highest BCUT2D eigenvalue weighted by atomic mass is 32.2. The minimum Gasteiger partial charge on any atom is -0.300 e. The Labute approximate surface area is 111 Å². The average molecular weight is 280 g/mol. The number of hydrogen-bond acceptors (Lipinski definition) is 6. The van der Waals surface area contributed by atoms with Crippen molar-refractivity contribution in [1.29, 1.82) is 0 Å². The largest absolute Gasteiger partial charge is 0.413 e. The Hall–Kier alpha value is 0.540. The fourth-order valence-corrected chi connectivity index (χ4v) is 3.06. The molecule has 0 saturated carbocycles. The fourth-order valence-electron chi connectivity index (χ4n) is 1.73. The lowest BCUT2D eigenvalue weighted by molar-refractivity contribution is -0.429. The van der Waals surface area contributed by atoms with Gasteiger partial charge < -0.3 is 9.47 Å². The van der Waals surface area contributed by atoms with Crippen LogP contribution in [0.1, 0.15) is 13.8 Å². The second-order valence-corrected chi connectivity index (χ2v) is 6.56. The van der Waals surface area contributed by atoms with Crippen molar-refractivity contribution in [1.82, 2.24) is 0 Å². The first-order valence-electron chi connectivity index (χ1n) is 6.07. The third-order valence-electron chi connectivity index (χ3n) is 2.53. The summed E-state index contributed by atoms with van der Waals surface area (Å²) >= 11 is 3.68. The highest BCUT2D eigenvalue weighted by Crippen LogP contribution is 2.34. The molecule has 4 nitrogen and oxygen atoms in total. The molecule has 2 fully saturated rings. The first-order chi connectivity index (χ1) is 8.28. The molecular formula is C11H20O4S2. The Morgan fingerprint density at radius 2 is 1.41 bits per heavy atom. The smallest absolute Gasteiger partial charge is 0.300 e. The molecule has 2 aliphatic rings. The van der Waals surface area contributed by atoms with Gasteiger partial charge in [-0.25, -0.2) is 0 Å². The molecule has 1 spiro atoms. The van der Waals surface area contributed by atoms with Crippen LogP contribution in [-0.4, -0.2) is 54.6 Å². The van der Waals surface area contributed by atoms with Crippen molar-refractivity contribution in [2.45, 2.75) is 32.2 Å². The van der Waals surface area contributed by atoms with Gasteiger partial charge in [0.2, 0.25) is 0 Å². The minimum atomic E-state index is -1.20. The molecule has 2 aliphatic heterocycles. The van der Waals surface area contributed by atoms with Gasteiger partial charge in [0, 0.05) is 11.5 Å². The summed E-state index contributed by atoms with van der Waals surface area (Å²) in [6.45, 7) is 5.38. The van der Waals surface area contributed by atoms with Crippen LogP contribution in [0.4, 0.5) is 0 Å². The molecule has 0 N–H and O–H groups in total. The van der Waals surface area contributed by atoms with Crippen LogP contribution >= 0.6 is 23.5 Å². The van der Waals surface area contributed by atoms with Crippen LogP contribution in [0.3, 0.4) is 0 Å². The third kappa shape index (κ3) is 3.75. The Bertz CT molecular complexity index is 216. The molecule has 2 saturated heterocycles. The van der Waals surface area contributed by atoms with E-state index >= 15 is 0 Å². The molecule has 100 valence electrons. The lowest BCUT2D eigenvalue weighted by Crippen LogP contribution is -2.33. The number of rotatable bonds is 6. The number of thioether (sulfide) groups is 2. The summed E-state index contributed by atoms with van der Waals surface area (Å²) in [5.74, 6) is 4.04. The molecule has 2 rings (SSSR count). The van der Waals surface area contributed by atoms with Crippen LogP contribution in [0.5, 0.6) is 0 Å². The van der Waals surface area contributed by atoms with Crippen molar-refractivity contribution in [2.75, 3.05) is 36.2 Å². The van der Waals surface area contributed by atoms with E-state index in [0.717, 1.165) is 23.0 Å². The molecule has 0 aromatic rings. The molecule has 0 bridgehead atoms. The van der Waals surface area contributed by atoms with Gasteiger partial charge in [-0.2, -0.15) is 23.5 Å². The molecule has 2 atom stereocenters. The van der Waals surface area contributed by atoms with Crippen molar-refractivity contribution in [3.8, 4) is 0 Å². The van der Waals surface area contributed by atoms with E-state index in [4.69, 9.17) is 18.9 Å². The van der Waals surface area contributed by atoms with Gasteiger partial charge in [-0.15, -0.1) is 0 Å². The van der Waals surface area contributed by atoms with E-state index in [-0.39, 0.29) is 12.2 Å². The van der Waals surface area contributed by atoms with Crippen molar-refractivity contribution in [2.24, 2.45) is 0 Å². The standard InChI is InChI=1S/C11H20O4S2/c1-3-16-7-9-5-12-11(14-9)13-6-10(15-11)8-17-4-2/h9-10H,3-8H2,1-2H3. The quantitative estimate of drug-likeness (QED) is 0.740. The van der Waals surface area contributed by atoms with Crippen molar-refractivity contribution in [3.05, 3.63) is 0 Å². The molecule has 0 amide bonds. The molecule has 0 aromatic heterocycles. The topological polar surface area (TPSA) is 36.9 Å². The summed E-state index contributed by atoms with van der Waals surface area (Å²) < 4.78 is 22.5. The van der Waals surface area contributed by atoms with Crippen LogP contribution in [0.2, 0.25) is 0 Å². The first kappa shape index (κ1) is 14.0. The van der Waals surface area contributed by atoms with Gasteiger partial charge in [0.1, 0.15) is 0 Å². The molecule has 17 heavy (non-hydrogen) atoms. The molecular weight excluding hydrogens is 260 g/mol. The lowest BCUT2D eigenvalue weighted by atomic mass is 10.4. The summed E-state index contributed by atoms with van der Waals surface area (Å²) in [6, 6.07) is 0. The molecule has 0 radical (unpaired) electrons. The Kier molecular flexibility index (Phi) is 5.45. The average Bonchev–Trinajstić information content (AvgIpc) is 2.92. The van der Waals surface area contributed by atoms with Gasteiger partial charge in [-0.1, -0.05) is 13.8 Å². The third-order valence-corrected chi connectivity index (χ3v) is 4.56. The lowest BCUT2D eigenvalue weighted by Gasteiger charge is -2.20. The summed E-state index contributed by atoms with van der Waals surface area (Å²) in [7, 11) is 0. The van der Waals surface area contributed by atoms with Gasteiger partial charge in [0.25, 0.3) is 0 Å².